The fourth-order valence-electron chi connectivity index (χ4n) is 3.78. The molecular formula is C23H29N5O2S. The Morgan fingerprint density at radius 3 is 2.87 bits per heavy atom. The minimum atomic E-state index is -0.0139. The zero-order chi connectivity index (χ0) is 21.8. The fourth-order valence-corrected chi connectivity index (χ4v) is 4.58. The van der Waals surface area contributed by atoms with Gasteiger partial charge in [-0.05, 0) is 56.0 Å². The molecule has 0 radical (unpaired) electrons. The Bertz CT molecular complexity index is 1050. The summed E-state index contributed by atoms with van der Waals surface area (Å²) in [5, 5.41) is 12.6. The minimum absolute atomic E-state index is 0.0139. The van der Waals surface area contributed by atoms with E-state index in [1.165, 1.54) is 22.9 Å². The van der Waals surface area contributed by atoms with E-state index in [1.807, 2.05) is 25.4 Å². The van der Waals surface area contributed by atoms with Crippen LogP contribution in [0.1, 0.15) is 35.5 Å². The van der Waals surface area contributed by atoms with Crippen molar-refractivity contribution in [1.29, 1.82) is 0 Å². The zero-order valence-electron chi connectivity index (χ0n) is 18.3. The molecule has 1 aliphatic rings. The number of carbonyl (C=O) groups is 1. The van der Waals surface area contributed by atoms with Crippen LogP contribution in [0.15, 0.2) is 41.7 Å². The first-order valence-electron chi connectivity index (χ1n) is 10.6. The smallest absolute Gasteiger partial charge is 0.230 e. The molecule has 0 bridgehead atoms. The van der Waals surface area contributed by atoms with Crippen molar-refractivity contribution < 1.29 is 9.53 Å². The average molecular weight is 440 g/mol. The SMILES string of the molecule is Cc1cccc(-n2c(Cc3cccn3C)nnc2SCC(=O)NC[C@H]2CCCO2)c1C. The van der Waals surface area contributed by atoms with E-state index in [0.717, 1.165) is 41.8 Å². The van der Waals surface area contributed by atoms with Crippen LogP contribution in [0, 0.1) is 13.8 Å². The molecule has 7 nitrogen and oxygen atoms in total. The van der Waals surface area contributed by atoms with Gasteiger partial charge in [-0.25, -0.2) is 0 Å². The van der Waals surface area contributed by atoms with Crippen molar-refractivity contribution in [3.63, 3.8) is 0 Å². The molecule has 1 atom stereocenters. The summed E-state index contributed by atoms with van der Waals surface area (Å²) >= 11 is 1.41. The number of benzene rings is 1. The third kappa shape index (κ3) is 5.02. The molecule has 1 N–H and O–H groups in total. The van der Waals surface area contributed by atoms with Crippen molar-refractivity contribution in [2.75, 3.05) is 18.9 Å². The summed E-state index contributed by atoms with van der Waals surface area (Å²) in [6, 6.07) is 10.4. The van der Waals surface area contributed by atoms with Crippen molar-refractivity contribution in [2.24, 2.45) is 7.05 Å². The fraction of sp³-hybridized carbons (Fsp3) is 0.435. The molecule has 0 saturated carbocycles. The Hall–Kier alpha value is -2.58. The van der Waals surface area contributed by atoms with Crippen molar-refractivity contribution in [2.45, 2.75) is 44.4 Å². The molecule has 31 heavy (non-hydrogen) atoms. The van der Waals surface area contributed by atoms with E-state index in [1.54, 1.807) is 0 Å². The van der Waals surface area contributed by atoms with Crippen molar-refractivity contribution in [3.05, 3.63) is 59.2 Å². The van der Waals surface area contributed by atoms with Crippen molar-refractivity contribution in [1.82, 2.24) is 24.6 Å². The van der Waals surface area contributed by atoms with E-state index in [4.69, 9.17) is 4.74 Å². The standard InChI is InChI=1S/C23H29N5O2S/c1-16-7-4-10-20(17(16)2)28-21(13-18-8-5-11-27(18)3)25-26-23(28)31-15-22(29)24-14-19-9-6-12-30-19/h4-5,7-8,10-11,19H,6,9,12-15H2,1-3H3,(H,24,29)/t19-/m1/s1. The molecule has 1 fully saturated rings. The molecule has 3 heterocycles. The highest BCUT2D eigenvalue weighted by Crippen LogP contribution is 2.27. The number of ether oxygens (including phenoxy) is 1. The van der Waals surface area contributed by atoms with Crippen molar-refractivity contribution >= 4 is 17.7 Å². The van der Waals surface area contributed by atoms with Gasteiger partial charge in [0.1, 0.15) is 5.82 Å². The summed E-state index contributed by atoms with van der Waals surface area (Å²) in [5.74, 6) is 1.14. The molecule has 1 amide bonds. The molecule has 1 aromatic carbocycles. The van der Waals surface area contributed by atoms with Crippen LogP contribution < -0.4 is 5.32 Å². The lowest BCUT2D eigenvalue weighted by Gasteiger charge is -2.15. The van der Waals surface area contributed by atoms with Gasteiger partial charge < -0.3 is 14.6 Å². The van der Waals surface area contributed by atoms with E-state index in [0.29, 0.717) is 18.7 Å². The number of nitrogens with one attached hydrogen (secondary N) is 1. The van der Waals surface area contributed by atoms with Crippen LogP contribution in [0.3, 0.4) is 0 Å². The van der Waals surface area contributed by atoms with Crippen molar-refractivity contribution in [3.8, 4) is 5.69 Å². The molecule has 8 heteroatoms. The maximum atomic E-state index is 12.4. The monoisotopic (exact) mass is 439 g/mol. The maximum Gasteiger partial charge on any atom is 0.230 e. The molecule has 0 spiro atoms. The van der Waals surface area contributed by atoms with Crippen LogP contribution in [0.25, 0.3) is 5.69 Å². The highest BCUT2D eigenvalue weighted by atomic mass is 32.2. The molecule has 0 unspecified atom stereocenters. The first kappa shape index (κ1) is 21.6. The number of hydrogen-bond acceptors (Lipinski definition) is 5. The maximum absolute atomic E-state index is 12.4. The molecule has 164 valence electrons. The number of aryl methyl sites for hydroxylation is 2. The second-order valence-electron chi connectivity index (χ2n) is 7.97. The van der Waals surface area contributed by atoms with Gasteiger partial charge in [0.2, 0.25) is 5.91 Å². The van der Waals surface area contributed by atoms with Crippen LogP contribution >= 0.6 is 11.8 Å². The molecular weight excluding hydrogens is 410 g/mol. The topological polar surface area (TPSA) is 74.0 Å². The lowest BCUT2D eigenvalue weighted by molar-refractivity contribution is -0.119. The highest BCUT2D eigenvalue weighted by molar-refractivity contribution is 7.99. The van der Waals surface area contributed by atoms with Crippen LogP contribution in [0.5, 0.6) is 0 Å². The van der Waals surface area contributed by atoms with E-state index < -0.39 is 0 Å². The number of aromatic nitrogens is 4. The molecule has 1 aliphatic heterocycles. The molecule has 4 rings (SSSR count). The third-order valence-corrected chi connectivity index (χ3v) is 6.72. The zero-order valence-corrected chi connectivity index (χ0v) is 19.1. The first-order valence-corrected chi connectivity index (χ1v) is 11.6. The summed E-state index contributed by atoms with van der Waals surface area (Å²) < 4.78 is 9.76. The number of hydrogen-bond donors (Lipinski definition) is 1. The number of thioether (sulfide) groups is 1. The summed E-state index contributed by atoms with van der Waals surface area (Å²) in [7, 11) is 2.03. The Labute approximate surface area is 187 Å². The largest absolute Gasteiger partial charge is 0.376 e. The summed E-state index contributed by atoms with van der Waals surface area (Å²) in [6.45, 7) is 5.57. The predicted molar refractivity (Wildman–Crippen MR) is 122 cm³/mol. The number of carbonyl (C=O) groups excluding carboxylic acids is 1. The second kappa shape index (κ2) is 9.70. The quantitative estimate of drug-likeness (QED) is 0.546. The Kier molecular flexibility index (Phi) is 6.77. The van der Waals surface area contributed by atoms with Gasteiger partial charge in [0.15, 0.2) is 5.16 Å². The average Bonchev–Trinajstić information content (AvgIpc) is 3.50. The lowest BCUT2D eigenvalue weighted by Crippen LogP contribution is -2.32. The first-order chi connectivity index (χ1) is 15.0. The molecule has 0 aliphatic carbocycles. The van der Waals surface area contributed by atoms with Crippen LogP contribution in [-0.4, -0.2) is 50.2 Å². The van der Waals surface area contributed by atoms with Crippen LogP contribution in [-0.2, 0) is 23.0 Å². The number of rotatable bonds is 8. The van der Waals surface area contributed by atoms with Gasteiger partial charge in [0, 0.05) is 38.5 Å². The lowest BCUT2D eigenvalue weighted by atomic mass is 10.1. The predicted octanol–water partition coefficient (Wildman–Crippen LogP) is 3.20. The summed E-state index contributed by atoms with van der Waals surface area (Å²) in [5.41, 5.74) is 4.60. The van der Waals surface area contributed by atoms with Gasteiger partial charge in [-0.3, -0.25) is 9.36 Å². The summed E-state index contributed by atoms with van der Waals surface area (Å²) in [6.07, 6.45) is 4.91. The normalized spacial score (nSPS) is 16.0. The van der Waals surface area contributed by atoms with Gasteiger partial charge in [-0.15, -0.1) is 10.2 Å². The number of nitrogens with zero attached hydrogens (tertiary/aromatic N) is 4. The molecule has 2 aromatic heterocycles. The van der Waals surface area contributed by atoms with E-state index in [-0.39, 0.29) is 12.0 Å². The van der Waals surface area contributed by atoms with Gasteiger partial charge in [0.05, 0.1) is 17.5 Å². The van der Waals surface area contributed by atoms with Gasteiger partial charge >= 0.3 is 0 Å². The van der Waals surface area contributed by atoms with Crippen LogP contribution in [0.4, 0.5) is 0 Å². The third-order valence-electron chi connectivity index (χ3n) is 5.79. The van der Waals surface area contributed by atoms with Gasteiger partial charge in [0.25, 0.3) is 0 Å². The van der Waals surface area contributed by atoms with E-state index >= 15 is 0 Å². The van der Waals surface area contributed by atoms with Crippen LogP contribution in [0.2, 0.25) is 0 Å². The highest BCUT2D eigenvalue weighted by Gasteiger charge is 2.20. The minimum Gasteiger partial charge on any atom is -0.376 e. The summed E-state index contributed by atoms with van der Waals surface area (Å²) in [4.78, 5) is 12.4. The van der Waals surface area contributed by atoms with Gasteiger partial charge in [-0.1, -0.05) is 23.9 Å². The Balaban J connectivity index is 1.54. The Morgan fingerprint density at radius 1 is 1.26 bits per heavy atom. The molecule has 3 aromatic rings. The number of amides is 1. The van der Waals surface area contributed by atoms with E-state index in [2.05, 4.69) is 56.7 Å². The second-order valence-corrected chi connectivity index (χ2v) is 8.91. The van der Waals surface area contributed by atoms with E-state index in [9.17, 15) is 4.79 Å². The van der Waals surface area contributed by atoms with Gasteiger partial charge in [-0.2, -0.15) is 0 Å². The molecule has 1 saturated heterocycles. The Morgan fingerprint density at radius 2 is 2.13 bits per heavy atom.